The molecule has 1 fully saturated rings. The molecule has 10 nitrogen and oxygen atoms in total. The lowest BCUT2D eigenvalue weighted by molar-refractivity contribution is -0.122. The van der Waals surface area contributed by atoms with Crippen LogP contribution in [0.15, 0.2) is 49.1 Å². The van der Waals surface area contributed by atoms with Gasteiger partial charge in [-0.2, -0.15) is 5.10 Å². The quantitative estimate of drug-likeness (QED) is 0.223. The minimum atomic E-state index is -0.594. The lowest BCUT2D eigenvalue weighted by atomic mass is 9.85. The largest absolute Gasteiger partial charge is 0.324 e. The summed E-state index contributed by atoms with van der Waals surface area (Å²) in [5.41, 5.74) is 3.56. The molecule has 0 radical (unpaired) electrons. The van der Waals surface area contributed by atoms with Gasteiger partial charge in [0.15, 0.2) is 23.1 Å². The van der Waals surface area contributed by atoms with Gasteiger partial charge in [0.25, 0.3) is 0 Å². The van der Waals surface area contributed by atoms with Crippen molar-refractivity contribution in [3.8, 4) is 33.2 Å². The molecule has 1 aliphatic rings. The summed E-state index contributed by atoms with van der Waals surface area (Å²) in [5.74, 6) is -0.306. The van der Waals surface area contributed by atoms with Crippen molar-refractivity contribution >= 4 is 50.8 Å². The third-order valence-corrected chi connectivity index (χ3v) is 8.35. The van der Waals surface area contributed by atoms with Gasteiger partial charge in [0.1, 0.15) is 16.9 Å². The highest BCUT2D eigenvalue weighted by molar-refractivity contribution is 7.17. The Bertz CT molecular complexity index is 1950. The van der Waals surface area contributed by atoms with Crippen LogP contribution in [-0.2, 0) is 4.79 Å². The van der Waals surface area contributed by atoms with Crippen LogP contribution in [0.5, 0.6) is 0 Å². The number of nitrogens with one attached hydrogen (secondary N) is 3. The average molecular weight is 553 g/mol. The standard InChI is InChI=1S/C28H21FN8O2S/c1-13(38)19-5-6-20(40-19)17-7-8-31-26-24(17)34-27(35-26)25-21-18(36-37-25)12-32-23(22(21)29)15-9-16(11-30-10-15)33-28(39)14-3-2-4-14/h5-12,14H,2-4H2,1H3,(H,33,39)(H,36,37)(H,31,34,35). The van der Waals surface area contributed by atoms with E-state index in [0.29, 0.717) is 38.6 Å². The average Bonchev–Trinajstić information content (AvgIpc) is 3.65. The summed E-state index contributed by atoms with van der Waals surface area (Å²) >= 11 is 1.38. The highest BCUT2D eigenvalue weighted by atomic mass is 32.1. The zero-order chi connectivity index (χ0) is 27.4. The van der Waals surface area contributed by atoms with Crippen molar-refractivity contribution in [2.24, 2.45) is 5.92 Å². The number of nitrogens with zero attached hydrogens (tertiary/aromatic N) is 5. The van der Waals surface area contributed by atoms with Gasteiger partial charge >= 0.3 is 0 Å². The van der Waals surface area contributed by atoms with E-state index in [1.165, 1.54) is 36.9 Å². The van der Waals surface area contributed by atoms with Gasteiger partial charge in [0.05, 0.1) is 33.9 Å². The first-order valence-electron chi connectivity index (χ1n) is 12.7. The molecule has 1 aliphatic carbocycles. The van der Waals surface area contributed by atoms with E-state index in [1.807, 2.05) is 12.1 Å². The first-order chi connectivity index (χ1) is 19.5. The molecule has 198 valence electrons. The Labute approximate surface area is 230 Å². The fourth-order valence-corrected chi connectivity index (χ4v) is 5.72. The molecule has 0 saturated heterocycles. The summed E-state index contributed by atoms with van der Waals surface area (Å²) in [6.45, 7) is 1.53. The van der Waals surface area contributed by atoms with E-state index in [0.717, 1.165) is 29.7 Å². The van der Waals surface area contributed by atoms with Crippen LogP contribution in [0.4, 0.5) is 10.1 Å². The van der Waals surface area contributed by atoms with E-state index in [1.54, 1.807) is 18.3 Å². The molecule has 1 amide bonds. The van der Waals surface area contributed by atoms with Crippen LogP contribution in [0.2, 0.25) is 0 Å². The van der Waals surface area contributed by atoms with Crippen LogP contribution < -0.4 is 5.32 Å². The van der Waals surface area contributed by atoms with Crippen molar-refractivity contribution in [3.63, 3.8) is 0 Å². The van der Waals surface area contributed by atoms with Crippen LogP contribution in [-0.4, -0.2) is 46.8 Å². The minimum Gasteiger partial charge on any atom is -0.324 e. The molecule has 12 heteroatoms. The van der Waals surface area contributed by atoms with Crippen molar-refractivity contribution in [1.29, 1.82) is 0 Å². The number of anilines is 1. The third kappa shape index (κ3) is 4.04. The monoisotopic (exact) mass is 552 g/mol. The van der Waals surface area contributed by atoms with Gasteiger partial charge in [-0.25, -0.2) is 14.4 Å². The number of thiophene rings is 1. The molecule has 0 spiro atoms. The second-order valence-corrected chi connectivity index (χ2v) is 10.8. The number of halogens is 1. The Kier molecular flexibility index (Phi) is 5.70. The number of rotatable bonds is 6. The molecule has 1 saturated carbocycles. The maximum Gasteiger partial charge on any atom is 0.227 e. The molecule has 0 aliphatic heterocycles. The van der Waals surface area contributed by atoms with Crippen LogP contribution in [0.1, 0.15) is 35.9 Å². The lowest BCUT2D eigenvalue weighted by Gasteiger charge is -2.24. The molecule has 3 N–H and O–H groups in total. The van der Waals surface area contributed by atoms with Crippen molar-refractivity contribution in [2.75, 3.05) is 5.32 Å². The first-order valence-corrected chi connectivity index (χ1v) is 13.5. The van der Waals surface area contributed by atoms with Gasteiger partial charge in [-0.3, -0.25) is 24.7 Å². The number of amides is 1. The normalized spacial score (nSPS) is 13.6. The van der Waals surface area contributed by atoms with Gasteiger partial charge in [-0.05, 0) is 44.0 Å². The number of carbonyl (C=O) groups is 2. The topological polar surface area (TPSA) is 142 Å². The maximum absolute atomic E-state index is 16.1. The second kappa shape index (κ2) is 9.42. The summed E-state index contributed by atoms with van der Waals surface area (Å²) in [6.07, 6.45) is 9.00. The number of hydrogen-bond acceptors (Lipinski definition) is 8. The molecule has 7 rings (SSSR count). The lowest BCUT2D eigenvalue weighted by Crippen LogP contribution is -2.28. The van der Waals surface area contributed by atoms with E-state index >= 15 is 4.39 Å². The number of hydrogen-bond donors (Lipinski definition) is 3. The fraction of sp³-hybridized carbons (Fsp3) is 0.179. The van der Waals surface area contributed by atoms with Crippen molar-refractivity contribution in [3.05, 3.63) is 59.7 Å². The summed E-state index contributed by atoms with van der Waals surface area (Å²) < 4.78 is 16.1. The molecular formula is C28H21FN8O2S. The number of imidazole rings is 1. The van der Waals surface area contributed by atoms with Crippen LogP contribution in [0, 0.1) is 11.7 Å². The number of aromatic amines is 2. The Morgan fingerprint density at radius 2 is 1.98 bits per heavy atom. The van der Waals surface area contributed by atoms with E-state index < -0.39 is 5.82 Å². The molecule has 6 aromatic heterocycles. The number of fused-ring (bicyclic) bond motifs is 2. The minimum absolute atomic E-state index is 0.00590. The predicted octanol–water partition coefficient (Wildman–Crippen LogP) is 5.77. The van der Waals surface area contributed by atoms with Crippen molar-refractivity contribution in [1.82, 2.24) is 35.1 Å². The number of H-pyrrole nitrogens is 2. The van der Waals surface area contributed by atoms with Gasteiger partial charge < -0.3 is 10.3 Å². The van der Waals surface area contributed by atoms with Gasteiger partial charge in [0.2, 0.25) is 5.91 Å². The van der Waals surface area contributed by atoms with Gasteiger partial charge in [-0.1, -0.05) is 6.42 Å². The SMILES string of the molecule is CC(=O)c1ccc(-c2ccnc3[nH]c(-c4n[nH]c5cnc(-c6cncc(NC(=O)C7CCC7)c6)c(F)c45)nc23)s1. The summed E-state index contributed by atoms with van der Waals surface area (Å²) in [6, 6.07) is 7.16. The highest BCUT2D eigenvalue weighted by Gasteiger charge is 2.26. The number of aromatic nitrogens is 7. The van der Waals surface area contributed by atoms with E-state index in [4.69, 9.17) is 4.98 Å². The molecule has 0 atom stereocenters. The zero-order valence-corrected chi connectivity index (χ0v) is 22.0. The number of pyridine rings is 3. The second-order valence-electron chi connectivity index (χ2n) is 9.72. The van der Waals surface area contributed by atoms with Gasteiger partial charge in [-0.15, -0.1) is 11.3 Å². The number of carbonyl (C=O) groups excluding carboxylic acids is 2. The molecule has 6 aromatic rings. The Morgan fingerprint density at radius 3 is 2.75 bits per heavy atom. The Balaban J connectivity index is 1.28. The molecule has 0 bridgehead atoms. The summed E-state index contributed by atoms with van der Waals surface area (Å²) in [4.78, 5) is 46.5. The van der Waals surface area contributed by atoms with Crippen molar-refractivity contribution < 1.29 is 14.0 Å². The molecular weight excluding hydrogens is 531 g/mol. The summed E-state index contributed by atoms with van der Waals surface area (Å²) in [7, 11) is 0. The van der Waals surface area contributed by atoms with Gasteiger partial charge in [0, 0.05) is 34.3 Å². The predicted molar refractivity (Wildman–Crippen MR) is 149 cm³/mol. The molecule has 0 unspecified atom stereocenters. The van der Waals surface area contributed by atoms with E-state index in [9.17, 15) is 9.59 Å². The smallest absolute Gasteiger partial charge is 0.227 e. The van der Waals surface area contributed by atoms with Crippen LogP contribution in [0.3, 0.4) is 0 Å². The Morgan fingerprint density at radius 1 is 1.10 bits per heavy atom. The van der Waals surface area contributed by atoms with E-state index in [2.05, 4.69) is 35.5 Å². The number of Topliss-reactive ketones (excluding diaryl/α,β-unsaturated/α-hetero) is 1. The molecule has 6 heterocycles. The fourth-order valence-electron chi connectivity index (χ4n) is 4.79. The van der Waals surface area contributed by atoms with E-state index in [-0.39, 0.29) is 34.4 Å². The maximum atomic E-state index is 16.1. The van der Waals surface area contributed by atoms with Crippen LogP contribution in [0.25, 0.3) is 55.3 Å². The van der Waals surface area contributed by atoms with Crippen molar-refractivity contribution in [2.45, 2.75) is 26.2 Å². The number of ketones is 1. The zero-order valence-electron chi connectivity index (χ0n) is 21.2. The summed E-state index contributed by atoms with van der Waals surface area (Å²) in [5, 5.41) is 10.3. The van der Waals surface area contributed by atoms with Crippen LogP contribution >= 0.6 is 11.3 Å². The third-order valence-electron chi connectivity index (χ3n) is 7.13. The molecule has 0 aromatic carbocycles. The molecule has 40 heavy (non-hydrogen) atoms. The highest BCUT2D eigenvalue weighted by Crippen LogP contribution is 2.36. The Hall–Kier alpha value is -4.84. The first kappa shape index (κ1) is 24.2.